The molecule has 0 bridgehead atoms. The number of nitrogens with zero attached hydrogens (tertiary/aromatic N) is 6. The smallest absolute Gasteiger partial charge is 0.253 e. The molecule has 10 heterocycles. The Bertz CT molecular complexity index is 5950. The Kier molecular flexibility index (Phi) is 35.0. The van der Waals surface area contributed by atoms with E-state index in [0.717, 1.165) is 171 Å². The minimum absolute atomic E-state index is 0.0339. The van der Waals surface area contributed by atoms with Gasteiger partial charge in [-0.25, -0.2) is 17.6 Å². The summed E-state index contributed by atoms with van der Waals surface area (Å²) in [4.78, 5) is 67.6. The number of rotatable bonds is 27. The predicted molar refractivity (Wildman–Crippen MR) is 549 cm³/mol. The van der Waals surface area contributed by atoms with Crippen molar-refractivity contribution in [2.75, 3.05) is 86.6 Å². The van der Waals surface area contributed by atoms with Crippen LogP contribution in [0.3, 0.4) is 0 Å². The van der Waals surface area contributed by atoms with Crippen LogP contribution in [0.1, 0.15) is 309 Å². The molecule has 2 amide bonds. The number of hydrogen-bond donors (Lipinski definition) is 4. The summed E-state index contributed by atoms with van der Waals surface area (Å²) in [5.41, 5.74) is 4.15. The lowest BCUT2D eigenvalue weighted by Crippen LogP contribution is -2.45. The number of aliphatic hydroxyl groups is 2. The maximum Gasteiger partial charge on any atom is 0.253 e. The van der Waals surface area contributed by atoms with Crippen molar-refractivity contribution in [3.63, 3.8) is 0 Å². The summed E-state index contributed by atoms with van der Waals surface area (Å²) in [5, 5.41) is 34.8. The lowest BCUT2D eigenvalue weighted by Gasteiger charge is -2.37. The van der Waals surface area contributed by atoms with E-state index < -0.39 is 34.4 Å². The zero-order valence-electron chi connectivity index (χ0n) is 82.1. The van der Waals surface area contributed by atoms with E-state index in [9.17, 15) is 51.7 Å². The van der Waals surface area contributed by atoms with Gasteiger partial charge in [0.15, 0.2) is 17.3 Å². The molecule has 10 fully saturated rings. The number of ketones is 3. The average molecular weight is 2030 g/mol. The molecule has 5 aliphatic heterocycles. The molecule has 760 valence electrons. The summed E-state index contributed by atoms with van der Waals surface area (Å²) in [6, 6.07) is 30.0. The molecule has 5 aliphatic carbocycles. The molecule has 0 radical (unpaired) electrons. The van der Waals surface area contributed by atoms with Crippen LogP contribution >= 0.6 is 58.0 Å². The SMILES string of the molecule is CC(F)(F)C1CCCC(CNC(=O)c2cn(C3CCOC3)c3cccc(Cl)c23)C1.CC1(F)CCC(CCC(=O)c2cn(C3CCOC3)c3cccc(Cl)c23)CC1.CC1(F)CCC(O)(CCC(=O)c2cn(CC3CCO3)c3cccc(Cl)c23)CC1.CN(C)C(CNC(=O)c1cn(C2CCOC2)c2cccc(Cl)c12)C1CCCCC1.C[C@@H]1CCC[C@](O)(CCC(=O)c2cn(C3CCOC3)c3cccc(Cl)c23)C1. The molecule has 10 atom stereocenters. The normalized spacial score (nSPS) is 26.9. The van der Waals surface area contributed by atoms with E-state index in [1.807, 2.05) is 114 Å². The van der Waals surface area contributed by atoms with E-state index in [2.05, 4.69) is 54.8 Å². The van der Waals surface area contributed by atoms with Gasteiger partial charge < -0.3 is 72.3 Å². The molecule has 10 aromatic rings. The topological polar surface area (TPSA) is 224 Å². The molecule has 4 N–H and O–H groups in total. The van der Waals surface area contributed by atoms with Gasteiger partial charge in [0.25, 0.3) is 11.8 Å². The molecule has 5 aromatic carbocycles. The predicted octanol–water partition coefficient (Wildman–Crippen LogP) is 26.3. The number of ether oxygens (including phenoxy) is 5. The fraction of sp³-hybridized carbons (Fsp3) is 0.595. The fourth-order valence-electron chi connectivity index (χ4n) is 23.5. The number of halogens is 9. The third-order valence-corrected chi connectivity index (χ3v) is 33.7. The van der Waals surface area contributed by atoms with Crippen LogP contribution in [-0.2, 0) is 30.2 Å². The van der Waals surface area contributed by atoms with Crippen LogP contribution in [0.25, 0.3) is 54.5 Å². The number of Topliss-reactive ketones (excluding diaryl/α,β-unsaturated/α-hetero) is 3. The second kappa shape index (κ2) is 46.5. The number of nitrogens with one attached hydrogen (secondary N) is 2. The van der Waals surface area contributed by atoms with Gasteiger partial charge in [0.05, 0.1) is 132 Å². The van der Waals surface area contributed by atoms with Gasteiger partial charge in [-0.15, -0.1) is 0 Å². The molecular weight excluding hydrogens is 1890 g/mol. The van der Waals surface area contributed by atoms with E-state index >= 15 is 0 Å². The fourth-order valence-corrected chi connectivity index (χ4v) is 24.9. The Morgan fingerprint density at radius 3 is 1.31 bits per heavy atom. The van der Waals surface area contributed by atoms with Gasteiger partial charge >= 0.3 is 0 Å². The van der Waals surface area contributed by atoms with Crippen LogP contribution in [0.5, 0.6) is 0 Å². The van der Waals surface area contributed by atoms with Crippen molar-refractivity contribution in [2.24, 2.45) is 29.6 Å². The Hall–Kier alpha value is -7.40. The number of amides is 2. The van der Waals surface area contributed by atoms with Crippen molar-refractivity contribution in [1.29, 1.82) is 0 Å². The molecule has 10 aliphatic rings. The summed E-state index contributed by atoms with van der Waals surface area (Å²) in [5.74, 6) is -1.62. The Balaban J connectivity index is 0.000000126. The molecule has 5 saturated carbocycles. The Morgan fingerprint density at radius 2 is 0.879 bits per heavy atom. The van der Waals surface area contributed by atoms with E-state index in [0.29, 0.717) is 206 Å². The molecule has 20 nitrogen and oxygen atoms in total. The van der Waals surface area contributed by atoms with E-state index in [1.165, 1.54) is 38.5 Å². The van der Waals surface area contributed by atoms with Crippen molar-refractivity contribution in [2.45, 2.75) is 304 Å². The monoisotopic (exact) mass is 2030 g/mol. The summed E-state index contributed by atoms with van der Waals surface area (Å²) in [6.07, 6.45) is 34.7. The summed E-state index contributed by atoms with van der Waals surface area (Å²) < 4.78 is 93.7. The Morgan fingerprint density at radius 1 is 0.464 bits per heavy atom. The van der Waals surface area contributed by atoms with Crippen molar-refractivity contribution < 1.29 is 75.4 Å². The second-order valence-corrected chi connectivity index (χ2v) is 44.8. The minimum Gasteiger partial charge on any atom is -0.390 e. The minimum atomic E-state index is -2.66. The number of carbonyl (C=O) groups is 5. The number of benzene rings is 5. The molecule has 5 saturated heterocycles. The largest absolute Gasteiger partial charge is 0.390 e. The molecule has 8 unspecified atom stereocenters. The third kappa shape index (κ3) is 25.4. The molecule has 5 aromatic heterocycles. The first-order valence-corrected chi connectivity index (χ1v) is 53.4. The molecule has 140 heavy (non-hydrogen) atoms. The lowest BCUT2D eigenvalue weighted by molar-refractivity contribution is -0.0606. The number of carbonyl (C=O) groups excluding carboxylic acids is 5. The lowest BCUT2D eigenvalue weighted by atomic mass is 9.75. The van der Waals surface area contributed by atoms with Gasteiger partial charge in [0.1, 0.15) is 11.3 Å². The molecule has 0 spiro atoms. The first-order chi connectivity index (χ1) is 67.1. The Labute approximate surface area is 845 Å². The van der Waals surface area contributed by atoms with Crippen LogP contribution in [0.15, 0.2) is 122 Å². The van der Waals surface area contributed by atoms with Gasteiger partial charge in [0, 0.05) is 158 Å². The zero-order chi connectivity index (χ0) is 99.0. The quantitative estimate of drug-likeness (QED) is 0.0278. The number of hydrogen-bond acceptors (Lipinski definition) is 13. The van der Waals surface area contributed by atoms with Gasteiger partial charge in [-0.3, -0.25) is 24.0 Å². The second-order valence-electron chi connectivity index (χ2n) is 42.8. The third-order valence-electron chi connectivity index (χ3n) is 32.1. The van der Waals surface area contributed by atoms with Crippen LogP contribution in [0.2, 0.25) is 25.1 Å². The highest BCUT2D eigenvalue weighted by Gasteiger charge is 2.43. The zero-order valence-corrected chi connectivity index (χ0v) is 85.9. The van der Waals surface area contributed by atoms with Crippen molar-refractivity contribution in [3.8, 4) is 0 Å². The summed E-state index contributed by atoms with van der Waals surface area (Å²) in [6.45, 7) is 14.6. The highest BCUT2D eigenvalue weighted by molar-refractivity contribution is 6.39. The molecule has 20 rings (SSSR count). The molecular formula is C111H141Cl5F4N8O12. The van der Waals surface area contributed by atoms with Crippen molar-refractivity contribution in [3.05, 3.63) is 175 Å². The first kappa shape index (κ1) is 105. The maximum absolute atomic E-state index is 14.0. The van der Waals surface area contributed by atoms with Crippen LogP contribution in [0, 0.1) is 29.6 Å². The van der Waals surface area contributed by atoms with E-state index in [4.69, 9.17) is 81.7 Å². The van der Waals surface area contributed by atoms with Crippen molar-refractivity contribution in [1.82, 2.24) is 38.4 Å². The van der Waals surface area contributed by atoms with E-state index in [1.54, 1.807) is 26.0 Å². The van der Waals surface area contributed by atoms with Crippen LogP contribution < -0.4 is 10.6 Å². The summed E-state index contributed by atoms with van der Waals surface area (Å²) in [7, 11) is 4.24. The number of likely N-dealkylation sites (N-methyl/N-ethyl adjacent to an activating group) is 1. The number of aromatic nitrogens is 5. The molecule has 29 heteroatoms. The first-order valence-electron chi connectivity index (χ1n) is 51.5. The highest BCUT2D eigenvalue weighted by Crippen LogP contribution is 2.47. The standard InChI is InChI=1S/C23H32ClN3O2.C22H27ClF2N2O2.C22H27ClFNO3.C22H27ClFNO2.C22H28ClNO3/c1-26(2)21(16-7-4-3-5-8-16)13-25-23(28)18-14-27(17-11-12-29-15-17)20-10-6-9-19(24)22(18)20;1-22(24,25)15-5-2-4-14(10-15)11-26-21(28)17-12-27(16-8-9-29-13-16)19-7-3-6-18(23)20(17)19;1-21(24)8-10-22(27,11-9-21)7-5-19(26)16-14-25(13-15-6-12-28-15)18-4-2-3-17(23)20(16)18;1-22(24)10-7-15(8-11-22)5-6-20(26)17-13-25(16-9-12-27-14-16)19-4-2-3-18(23)21(17)19;1-15-4-3-9-22(26,12-15)10-7-20(25)17-13-24(16-8-11-27-14-16)19-6-2-5-18(23)21(17)19/h6,9-10,14,16-17,21H,3-5,7-8,11-13,15H2,1-2H3,(H,25,28);3,6-7,12,14-16H,2,4-5,8-11,13H2,1H3,(H,26,28);2-4,14-15,27H,5-13H2,1H3;2-4,13,15-16H,5-12,14H2,1H3;2,5-6,13,15-16,26H,3-4,7-12,14H2,1H3/t;;;;15-,16?,22+/m....1/s1. The highest BCUT2D eigenvalue weighted by atomic mass is 35.5. The van der Waals surface area contributed by atoms with Crippen LogP contribution in [0.4, 0.5) is 17.6 Å². The average Bonchev–Trinajstić information content (AvgIpc) is 1.62. The van der Waals surface area contributed by atoms with Crippen molar-refractivity contribution >= 4 is 142 Å². The van der Waals surface area contributed by atoms with Gasteiger partial charge in [-0.05, 0) is 267 Å². The number of fused-ring (bicyclic) bond motifs is 5. The maximum atomic E-state index is 14.0. The summed E-state index contributed by atoms with van der Waals surface area (Å²) >= 11 is 32.3. The number of alkyl halides is 4. The van der Waals surface area contributed by atoms with Gasteiger partial charge in [0.2, 0.25) is 5.92 Å². The van der Waals surface area contributed by atoms with Crippen LogP contribution in [-0.4, -0.2) is 194 Å². The van der Waals surface area contributed by atoms with E-state index in [-0.39, 0.29) is 71.8 Å². The van der Waals surface area contributed by atoms with Gasteiger partial charge in [-0.2, -0.15) is 0 Å². The van der Waals surface area contributed by atoms with Gasteiger partial charge in [-0.1, -0.05) is 134 Å².